The second kappa shape index (κ2) is 7.18. The van der Waals surface area contributed by atoms with E-state index in [1.54, 1.807) is 18.2 Å². The first-order valence-electron chi connectivity index (χ1n) is 8.67. The molecule has 28 heavy (non-hydrogen) atoms. The van der Waals surface area contributed by atoms with Crippen LogP contribution in [-0.4, -0.2) is 39.2 Å². The van der Waals surface area contributed by atoms with Gasteiger partial charge in [0.2, 0.25) is 5.43 Å². The standard InChI is InChI=1S/C21H22O7/c1-21(2,26)18(24)7-12-6-11(4-5-16(12)27-3)14-10-28-17-9-13(22)8-15(23)19(17)20(14)25/h4-6,8-10,18,22-24,26H,7H2,1-3H3. The predicted octanol–water partition coefficient (Wildman–Crippen LogP) is 2.55. The highest BCUT2D eigenvalue weighted by atomic mass is 16.5. The fraction of sp³-hybridized carbons (Fsp3) is 0.286. The molecule has 0 aliphatic heterocycles. The molecule has 0 saturated carbocycles. The van der Waals surface area contributed by atoms with Crippen molar-refractivity contribution in [3.05, 3.63) is 52.4 Å². The van der Waals surface area contributed by atoms with Crippen LogP contribution in [0, 0.1) is 0 Å². The van der Waals surface area contributed by atoms with Crippen molar-refractivity contribution < 1.29 is 29.6 Å². The minimum atomic E-state index is -1.31. The maximum Gasteiger partial charge on any atom is 0.204 e. The number of aromatic hydroxyl groups is 2. The topological polar surface area (TPSA) is 120 Å². The van der Waals surface area contributed by atoms with E-state index in [4.69, 9.17) is 9.15 Å². The Morgan fingerprint density at radius 3 is 2.54 bits per heavy atom. The van der Waals surface area contributed by atoms with Crippen LogP contribution in [0.2, 0.25) is 0 Å². The van der Waals surface area contributed by atoms with Gasteiger partial charge in [-0.25, -0.2) is 0 Å². The van der Waals surface area contributed by atoms with Gasteiger partial charge in [0.25, 0.3) is 0 Å². The highest BCUT2D eigenvalue weighted by Gasteiger charge is 2.26. The number of hydrogen-bond donors (Lipinski definition) is 4. The van der Waals surface area contributed by atoms with Crippen molar-refractivity contribution in [1.29, 1.82) is 0 Å². The van der Waals surface area contributed by atoms with Crippen LogP contribution in [0.5, 0.6) is 17.2 Å². The van der Waals surface area contributed by atoms with Gasteiger partial charge in [0.15, 0.2) is 0 Å². The zero-order chi connectivity index (χ0) is 20.6. The number of rotatable bonds is 5. The zero-order valence-electron chi connectivity index (χ0n) is 15.8. The fourth-order valence-corrected chi connectivity index (χ4v) is 2.98. The number of aliphatic hydroxyl groups is 2. The minimum absolute atomic E-state index is 0.0378. The van der Waals surface area contributed by atoms with E-state index in [0.717, 1.165) is 6.07 Å². The quantitative estimate of drug-likeness (QED) is 0.532. The monoisotopic (exact) mass is 386 g/mol. The van der Waals surface area contributed by atoms with E-state index in [1.807, 2.05) is 0 Å². The molecule has 7 nitrogen and oxygen atoms in total. The molecular weight excluding hydrogens is 364 g/mol. The Morgan fingerprint density at radius 1 is 1.18 bits per heavy atom. The lowest BCUT2D eigenvalue weighted by atomic mass is 9.93. The molecular formula is C21H22O7. The summed E-state index contributed by atoms with van der Waals surface area (Å²) in [6, 6.07) is 7.31. The van der Waals surface area contributed by atoms with Crippen LogP contribution in [0.4, 0.5) is 0 Å². The van der Waals surface area contributed by atoms with Crippen molar-refractivity contribution in [3.8, 4) is 28.4 Å². The van der Waals surface area contributed by atoms with Gasteiger partial charge in [-0.15, -0.1) is 0 Å². The molecule has 3 aromatic rings. The van der Waals surface area contributed by atoms with Crippen molar-refractivity contribution in [3.63, 3.8) is 0 Å². The van der Waals surface area contributed by atoms with Crippen molar-refractivity contribution >= 4 is 11.0 Å². The first-order chi connectivity index (χ1) is 13.1. The van der Waals surface area contributed by atoms with Gasteiger partial charge in [-0.1, -0.05) is 6.07 Å². The van der Waals surface area contributed by atoms with Crippen LogP contribution in [0.15, 0.2) is 45.8 Å². The molecule has 0 amide bonds. The molecule has 1 atom stereocenters. The molecule has 0 saturated heterocycles. The molecule has 7 heteroatoms. The predicted molar refractivity (Wildman–Crippen MR) is 104 cm³/mol. The van der Waals surface area contributed by atoms with Gasteiger partial charge >= 0.3 is 0 Å². The number of hydrogen-bond acceptors (Lipinski definition) is 7. The fourth-order valence-electron chi connectivity index (χ4n) is 2.98. The molecule has 2 aromatic carbocycles. The van der Waals surface area contributed by atoms with Crippen LogP contribution in [0.25, 0.3) is 22.1 Å². The summed E-state index contributed by atoms with van der Waals surface area (Å²) in [5, 5.41) is 39.8. The highest BCUT2D eigenvalue weighted by Crippen LogP contribution is 2.32. The third kappa shape index (κ3) is 3.67. The number of phenolic OH excluding ortho intramolecular Hbond substituents is 2. The molecule has 1 unspecified atom stereocenters. The summed E-state index contributed by atoms with van der Waals surface area (Å²) in [6.07, 6.45) is 0.316. The molecule has 3 rings (SSSR count). The van der Waals surface area contributed by atoms with Gasteiger partial charge in [-0.05, 0) is 37.1 Å². The Labute approximate surface area is 161 Å². The average molecular weight is 386 g/mol. The van der Waals surface area contributed by atoms with Crippen molar-refractivity contribution in [2.24, 2.45) is 0 Å². The Kier molecular flexibility index (Phi) is 5.06. The summed E-state index contributed by atoms with van der Waals surface area (Å²) < 4.78 is 10.8. The number of fused-ring (bicyclic) bond motifs is 1. The van der Waals surface area contributed by atoms with Crippen LogP contribution >= 0.6 is 0 Å². The van der Waals surface area contributed by atoms with Crippen molar-refractivity contribution in [2.75, 3.05) is 7.11 Å². The van der Waals surface area contributed by atoms with Crippen LogP contribution in [0.3, 0.4) is 0 Å². The van der Waals surface area contributed by atoms with E-state index in [9.17, 15) is 25.2 Å². The molecule has 148 valence electrons. The SMILES string of the molecule is COc1ccc(-c2coc3cc(O)cc(O)c3c2=O)cc1CC(O)C(C)(C)O. The van der Waals surface area contributed by atoms with Crippen LogP contribution < -0.4 is 10.2 Å². The number of ether oxygens (including phenoxy) is 1. The lowest BCUT2D eigenvalue weighted by Crippen LogP contribution is -2.37. The maximum atomic E-state index is 12.9. The van der Waals surface area contributed by atoms with Gasteiger partial charge in [0.05, 0.1) is 24.4 Å². The van der Waals surface area contributed by atoms with Gasteiger partial charge in [0, 0.05) is 18.6 Å². The third-order valence-electron chi connectivity index (χ3n) is 4.66. The Morgan fingerprint density at radius 2 is 1.89 bits per heavy atom. The van der Waals surface area contributed by atoms with Gasteiger partial charge < -0.3 is 29.6 Å². The molecule has 0 radical (unpaired) electrons. The Hall–Kier alpha value is -3.03. The molecule has 0 bridgehead atoms. The lowest BCUT2D eigenvalue weighted by Gasteiger charge is -2.25. The largest absolute Gasteiger partial charge is 0.508 e. The first-order valence-corrected chi connectivity index (χ1v) is 8.67. The summed E-state index contributed by atoms with van der Waals surface area (Å²) in [4.78, 5) is 12.9. The zero-order valence-corrected chi connectivity index (χ0v) is 15.8. The van der Waals surface area contributed by atoms with E-state index in [2.05, 4.69) is 0 Å². The summed E-state index contributed by atoms with van der Waals surface area (Å²) >= 11 is 0. The average Bonchev–Trinajstić information content (AvgIpc) is 2.60. The Balaban J connectivity index is 2.13. The van der Waals surface area contributed by atoms with E-state index in [-0.39, 0.29) is 34.5 Å². The van der Waals surface area contributed by atoms with Crippen LogP contribution in [-0.2, 0) is 6.42 Å². The number of methoxy groups -OCH3 is 1. The third-order valence-corrected chi connectivity index (χ3v) is 4.66. The normalized spacial score (nSPS) is 12.9. The second-order valence-electron chi connectivity index (χ2n) is 7.22. The second-order valence-corrected chi connectivity index (χ2v) is 7.22. The van der Waals surface area contributed by atoms with E-state index in [1.165, 1.54) is 33.3 Å². The molecule has 0 spiro atoms. The maximum absolute atomic E-state index is 12.9. The molecule has 1 heterocycles. The number of aliphatic hydroxyl groups excluding tert-OH is 1. The summed E-state index contributed by atoms with van der Waals surface area (Å²) in [5.74, 6) is -0.0879. The van der Waals surface area contributed by atoms with Gasteiger partial charge in [0.1, 0.15) is 34.5 Å². The highest BCUT2D eigenvalue weighted by molar-refractivity contribution is 5.88. The summed E-state index contributed by atoms with van der Waals surface area (Å²) in [6.45, 7) is 3.01. The Bertz CT molecular complexity index is 1080. The summed E-state index contributed by atoms with van der Waals surface area (Å²) in [5.41, 5.74) is -0.395. The van der Waals surface area contributed by atoms with E-state index in [0.29, 0.717) is 16.9 Å². The molecule has 0 fully saturated rings. The minimum Gasteiger partial charge on any atom is -0.508 e. The van der Waals surface area contributed by atoms with Gasteiger partial charge in [-0.3, -0.25) is 4.79 Å². The molecule has 0 aliphatic rings. The van der Waals surface area contributed by atoms with Crippen LogP contribution in [0.1, 0.15) is 19.4 Å². The van der Waals surface area contributed by atoms with Crippen molar-refractivity contribution in [2.45, 2.75) is 32.0 Å². The first kappa shape index (κ1) is 19.7. The van der Waals surface area contributed by atoms with E-state index < -0.39 is 17.1 Å². The molecule has 1 aromatic heterocycles. The van der Waals surface area contributed by atoms with Gasteiger partial charge in [-0.2, -0.15) is 0 Å². The van der Waals surface area contributed by atoms with Crippen molar-refractivity contribution in [1.82, 2.24) is 0 Å². The lowest BCUT2D eigenvalue weighted by molar-refractivity contribution is -0.0471. The smallest absolute Gasteiger partial charge is 0.204 e. The molecule has 0 aliphatic carbocycles. The molecule has 4 N–H and O–H groups in total. The number of benzene rings is 2. The summed E-state index contributed by atoms with van der Waals surface area (Å²) in [7, 11) is 1.49. The number of phenols is 2. The van der Waals surface area contributed by atoms with E-state index >= 15 is 0 Å².